The molecule has 0 aromatic heterocycles. The van der Waals surface area contributed by atoms with Crippen molar-refractivity contribution >= 4 is 11.8 Å². The van der Waals surface area contributed by atoms with Gasteiger partial charge in [0.05, 0.1) is 6.10 Å². The number of ether oxygens (including phenoxy) is 1. The fourth-order valence-electron chi connectivity index (χ4n) is 3.23. The van der Waals surface area contributed by atoms with E-state index in [0.29, 0.717) is 24.1 Å². The Labute approximate surface area is 149 Å². The van der Waals surface area contributed by atoms with Crippen LogP contribution in [0.15, 0.2) is 24.3 Å². The molecule has 1 aromatic carbocycles. The van der Waals surface area contributed by atoms with Crippen LogP contribution in [-0.4, -0.2) is 30.6 Å². The van der Waals surface area contributed by atoms with E-state index >= 15 is 0 Å². The van der Waals surface area contributed by atoms with Gasteiger partial charge in [0.15, 0.2) is 0 Å². The van der Waals surface area contributed by atoms with Crippen LogP contribution in [0.25, 0.3) is 0 Å². The fraction of sp³-hybridized carbons (Fsp3) is 0.600. The van der Waals surface area contributed by atoms with Gasteiger partial charge in [-0.2, -0.15) is 0 Å². The molecule has 136 valence electrons. The smallest absolute Gasteiger partial charge is 0.251 e. The van der Waals surface area contributed by atoms with E-state index in [2.05, 4.69) is 17.6 Å². The topological polar surface area (TPSA) is 67.4 Å². The monoisotopic (exact) mass is 344 g/mol. The molecule has 0 heterocycles. The van der Waals surface area contributed by atoms with Crippen molar-refractivity contribution in [2.45, 2.75) is 64.1 Å². The summed E-state index contributed by atoms with van der Waals surface area (Å²) >= 11 is 0. The molecule has 2 saturated carbocycles. The molecule has 0 spiro atoms. The third-order valence-corrected chi connectivity index (χ3v) is 5.08. The van der Waals surface area contributed by atoms with Crippen LogP contribution in [-0.2, 0) is 16.1 Å². The van der Waals surface area contributed by atoms with E-state index in [4.69, 9.17) is 4.74 Å². The molecule has 5 nitrogen and oxygen atoms in total. The molecule has 2 aliphatic carbocycles. The first-order chi connectivity index (χ1) is 12.1. The Balaban J connectivity index is 1.38. The zero-order valence-electron chi connectivity index (χ0n) is 14.9. The maximum atomic E-state index is 12.0. The van der Waals surface area contributed by atoms with Crippen LogP contribution in [0.3, 0.4) is 0 Å². The summed E-state index contributed by atoms with van der Waals surface area (Å²) in [5, 5.41) is 5.85. The minimum atomic E-state index is -0.0895. The Kier molecular flexibility index (Phi) is 6.08. The highest BCUT2D eigenvalue weighted by atomic mass is 16.5. The van der Waals surface area contributed by atoms with Crippen LogP contribution >= 0.6 is 0 Å². The Morgan fingerprint density at radius 2 is 1.80 bits per heavy atom. The van der Waals surface area contributed by atoms with Crippen molar-refractivity contribution in [3.8, 4) is 0 Å². The average Bonchev–Trinajstić information content (AvgIpc) is 3.43. The van der Waals surface area contributed by atoms with Crippen LogP contribution in [0.4, 0.5) is 0 Å². The summed E-state index contributed by atoms with van der Waals surface area (Å²) < 4.78 is 5.77. The molecular weight excluding hydrogens is 316 g/mol. The largest absolute Gasteiger partial charge is 0.368 e. The van der Waals surface area contributed by atoms with E-state index in [1.54, 1.807) is 12.1 Å². The van der Waals surface area contributed by atoms with Crippen LogP contribution in [0.2, 0.25) is 0 Å². The summed E-state index contributed by atoms with van der Waals surface area (Å²) in [5.74, 6) is 0.428. The van der Waals surface area contributed by atoms with E-state index in [0.717, 1.165) is 24.8 Å². The lowest BCUT2D eigenvalue weighted by molar-refractivity contribution is -0.129. The number of amides is 2. The van der Waals surface area contributed by atoms with Crippen molar-refractivity contribution in [2.24, 2.45) is 5.92 Å². The molecule has 2 amide bonds. The molecule has 2 atom stereocenters. The van der Waals surface area contributed by atoms with Crippen LogP contribution in [0.5, 0.6) is 0 Å². The Morgan fingerprint density at radius 1 is 1.08 bits per heavy atom. The molecular formula is C20H28N2O3. The van der Waals surface area contributed by atoms with Crippen LogP contribution in [0, 0.1) is 5.92 Å². The number of hydrogen-bond donors (Lipinski definition) is 2. The van der Waals surface area contributed by atoms with Crippen LogP contribution < -0.4 is 10.6 Å². The Morgan fingerprint density at radius 3 is 2.48 bits per heavy atom. The van der Waals surface area contributed by atoms with Crippen molar-refractivity contribution in [1.29, 1.82) is 0 Å². The highest BCUT2D eigenvalue weighted by molar-refractivity contribution is 5.94. The van der Waals surface area contributed by atoms with Gasteiger partial charge in [0.1, 0.15) is 6.61 Å². The summed E-state index contributed by atoms with van der Waals surface area (Å²) in [6.45, 7) is 2.77. The van der Waals surface area contributed by atoms with Gasteiger partial charge in [-0.3, -0.25) is 9.59 Å². The van der Waals surface area contributed by atoms with Gasteiger partial charge in [0, 0.05) is 18.2 Å². The maximum Gasteiger partial charge on any atom is 0.251 e. The van der Waals surface area contributed by atoms with Gasteiger partial charge in [-0.05, 0) is 49.3 Å². The van der Waals surface area contributed by atoms with Crippen molar-refractivity contribution in [2.75, 3.05) is 6.61 Å². The number of carbonyl (C=O) groups excluding carboxylic acids is 2. The number of rotatable bonds is 7. The fourth-order valence-corrected chi connectivity index (χ4v) is 3.23. The molecule has 2 N–H and O–H groups in total. The Bertz CT molecular complexity index is 595. The third kappa shape index (κ3) is 5.56. The number of hydrogen-bond acceptors (Lipinski definition) is 3. The van der Waals surface area contributed by atoms with E-state index < -0.39 is 0 Å². The van der Waals surface area contributed by atoms with E-state index in [1.165, 1.54) is 19.3 Å². The highest BCUT2D eigenvalue weighted by Crippen LogP contribution is 2.26. The first kappa shape index (κ1) is 17.9. The SMILES string of the molecule is CC1CCCCC1OCC(=O)NCc1ccc(C(=O)NC2CC2)cc1. The normalized spacial score (nSPS) is 23.1. The molecule has 0 radical (unpaired) electrons. The first-order valence-electron chi connectivity index (χ1n) is 9.40. The zero-order chi connectivity index (χ0) is 17.6. The molecule has 1 aromatic rings. The van der Waals surface area contributed by atoms with E-state index in [1.807, 2.05) is 12.1 Å². The summed E-state index contributed by atoms with van der Waals surface area (Å²) in [6.07, 6.45) is 7.07. The predicted molar refractivity (Wildman–Crippen MR) is 96.1 cm³/mol. The average molecular weight is 344 g/mol. The van der Waals surface area contributed by atoms with Gasteiger partial charge in [-0.15, -0.1) is 0 Å². The predicted octanol–water partition coefficient (Wildman–Crippen LogP) is 2.79. The van der Waals surface area contributed by atoms with Crippen molar-refractivity contribution in [1.82, 2.24) is 10.6 Å². The molecule has 2 aliphatic rings. The van der Waals surface area contributed by atoms with Gasteiger partial charge < -0.3 is 15.4 Å². The number of carbonyl (C=O) groups is 2. The molecule has 0 bridgehead atoms. The minimum Gasteiger partial charge on any atom is -0.368 e. The number of benzene rings is 1. The van der Waals surface area contributed by atoms with Crippen molar-refractivity contribution < 1.29 is 14.3 Å². The third-order valence-electron chi connectivity index (χ3n) is 5.08. The molecule has 0 aliphatic heterocycles. The molecule has 25 heavy (non-hydrogen) atoms. The minimum absolute atomic E-state index is 0.0203. The lowest BCUT2D eigenvalue weighted by Crippen LogP contribution is -2.32. The number of nitrogens with one attached hydrogen (secondary N) is 2. The highest BCUT2D eigenvalue weighted by Gasteiger charge is 2.24. The zero-order valence-corrected chi connectivity index (χ0v) is 14.9. The van der Waals surface area contributed by atoms with E-state index in [9.17, 15) is 9.59 Å². The molecule has 2 unspecified atom stereocenters. The van der Waals surface area contributed by atoms with E-state index in [-0.39, 0.29) is 24.5 Å². The summed E-state index contributed by atoms with van der Waals surface area (Å²) in [7, 11) is 0. The second-order valence-corrected chi connectivity index (χ2v) is 7.33. The first-order valence-corrected chi connectivity index (χ1v) is 9.40. The van der Waals surface area contributed by atoms with Crippen molar-refractivity contribution in [3.63, 3.8) is 0 Å². The molecule has 3 rings (SSSR count). The lowest BCUT2D eigenvalue weighted by atomic mass is 9.88. The van der Waals surface area contributed by atoms with Gasteiger partial charge >= 0.3 is 0 Å². The summed E-state index contributed by atoms with van der Waals surface area (Å²) in [5.41, 5.74) is 1.64. The summed E-state index contributed by atoms with van der Waals surface area (Å²) in [4.78, 5) is 23.9. The Hall–Kier alpha value is -1.88. The van der Waals surface area contributed by atoms with Gasteiger partial charge in [-0.1, -0.05) is 31.9 Å². The van der Waals surface area contributed by atoms with Crippen molar-refractivity contribution in [3.05, 3.63) is 35.4 Å². The van der Waals surface area contributed by atoms with Gasteiger partial charge in [0.25, 0.3) is 5.91 Å². The van der Waals surface area contributed by atoms with Crippen LogP contribution in [0.1, 0.15) is 61.4 Å². The quantitative estimate of drug-likeness (QED) is 0.799. The van der Waals surface area contributed by atoms with Gasteiger partial charge in [-0.25, -0.2) is 0 Å². The second kappa shape index (κ2) is 8.48. The summed E-state index contributed by atoms with van der Waals surface area (Å²) in [6, 6.07) is 7.73. The second-order valence-electron chi connectivity index (χ2n) is 7.33. The maximum absolute atomic E-state index is 12.0. The standard InChI is InChI=1S/C20H28N2O3/c1-14-4-2-3-5-18(14)25-13-19(23)21-12-15-6-8-16(9-7-15)20(24)22-17-10-11-17/h6-9,14,17-18H,2-5,10-13H2,1H3,(H,21,23)(H,22,24). The molecule has 2 fully saturated rings. The van der Waals surface area contributed by atoms with Gasteiger partial charge in [0.2, 0.25) is 5.91 Å². The molecule has 0 saturated heterocycles. The lowest BCUT2D eigenvalue weighted by Gasteiger charge is -2.28. The molecule has 5 heteroatoms.